The summed E-state index contributed by atoms with van der Waals surface area (Å²) in [6.45, 7) is 4.14. The Bertz CT molecular complexity index is 646. The van der Waals surface area contributed by atoms with E-state index < -0.39 is 0 Å². The molecule has 1 atom stereocenters. The molecule has 128 valence electrons. The van der Waals surface area contributed by atoms with Crippen LogP contribution in [0.5, 0.6) is 5.75 Å². The highest BCUT2D eigenvalue weighted by molar-refractivity contribution is 5.92. The minimum Gasteiger partial charge on any atom is -0.492 e. The van der Waals surface area contributed by atoms with E-state index in [4.69, 9.17) is 13.9 Å². The Labute approximate surface area is 142 Å². The van der Waals surface area contributed by atoms with Crippen molar-refractivity contribution < 1.29 is 18.7 Å². The van der Waals surface area contributed by atoms with E-state index in [9.17, 15) is 4.79 Å². The fraction of sp³-hybridized carbons (Fsp3) is 0.421. The average molecular weight is 329 g/mol. The number of hydrogen-bond donors (Lipinski definition) is 0. The van der Waals surface area contributed by atoms with Crippen LogP contribution in [0.3, 0.4) is 0 Å². The van der Waals surface area contributed by atoms with Gasteiger partial charge in [-0.2, -0.15) is 0 Å². The molecule has 0 N–H and O–H groups in total. The molecule has 1 amide bonds. The number of aryl methyl sites for hydroxylation is 1. The molecule has 1 aromatic carbocycles. The molecule has 0 saturated carbocycles. The van der Waals surface area contributed by atoms with E-state index >= 15 is 0 Å². The molecule has 1 saturated heterocycles. The van der Waals surface area contributed by atoms with Gasteiger partial charge in [0, 0.05) is 18.7 Å². The first-order valence-electron chi connectivity index (χ1n) is 8.37. The predicted molar refractivity (Wildman–Crippen MR) is 90.3 cm³/mol. The van der Waals surface area contributed by atoms with Crippen molar-refractivity contribution in [1.82, 2.24) is 4.90 Å². The zero-order chi connectivity index (χ0) is 16.8. The zero-order valence-electron chi connectivity index (χ0n) is 13.9. The smallest absolute Gasteiger partial charge is 0.290 e. The Hall–Kier alpha value is -2.27. The third-order valence-corrected chi connectivity index (χ3v) is 4.16. The number of hydrogen-bond acceptors (Lipinski definition) is 4. The predicted octanol–water partition coefficient (Wildman–Crippen LogP) is 3.29. The lowest BCUT2D eigenvalue weighted by Crippen LogP contribution is -2.40. The largest absolute Gasteiger partial charge is 0.492 e. The van der Waals surface area contributed by atoms with Crippen LogP contribution in [0.4, 0.5) is 0 Å². The molecular formula is C19H23NO4. The molecule has 3 rings (SSSR count). The maximum atomic E-state index is 12.8. The molecule has 1 aliphatic rings. The van der Waals surface area contributed by atoms with Crippen LogP contribution in [-0.2, 0) is 4.74 Å². The Morgan fingerprint density at radius 3 is 2.79 bits per heavy atom. The van der Waals surface area contributed by atoms with Gasteiger partial charge in [-0.3, -0.25) is 4.79 Å². The monoisotopic (exact) mass is 329 g/mol. The highest BCUT2D eigenvalue weighted by atomic mass is 16.5. The summed E-state index contributed by atoms with van der Waals surface area (Å²) < 4.78 is 16.8. The summed E-state index contributed by atoms with van der Waals surface area (Å²) in [5.74, 6) is 1.09. The van der Waals surface area contributed by atoms with Gasteiger partial charge in [0.15, 0.2) is 5.76 Å². The number of carbonyl (C=O) groups excluding carboxylic acids is 1. The third-order valence-electron chi connectivity index (χ3n) is 4.16. The molecule has 5 heteroatoms. The minimum absolute atomic E-state index is 0.0981. The van der Waals surface area contributed by atoms with Gasteiger partial charge in [-0.15, -0.1) is 0 Å². The van der Waals surface area contributed by atoms with Crippen LogP contribution < -0.4 is 4.74 Å². The van der Waals surface area contributed by atoms with Gasteiger partial charge in [-0.1, -0.05) is 18.2 Å². The van der Waals surface area contributed by atoms with E-state index in [-0.39, 0.29) is 12.0 Å². The number of rotatable bonds is 7. The van der Waals surface area contributed by atoms with Crippen molar-refractivity contribution in [3.63, 3.8) is 0 Å². The van der Waals surface area contributed by atoms with Crippen LogP contribution in [0.25, 0.3) is 0 Å². The first kappa shape index (κ1) is 16.6. The third kappa shape index (κ3) is 4.17. The number of ether oxygens (including phenoxy) is 2. The molecule has 1 fully saturated rings. The lowest BCUT2D eigenvalue weighted by molar-refractivity contribution is 0.0470. The zero-order valence-corrected chi connectivity index (χ0v) is 13.9. The maximum Gasteiger partial charge on any atom is 0.290 e. The molecule has 24 heavy (non-hydrogen) atoms. The number of para-hydroxylation sites is 1. The summed E-state index contributed by atoms with van der Waals surface area (Å²) >= 11 is 0. The van der Waals surface area contributed by atoms with Crippen molar-refractivity contribution in [2.24, 2.45) is 0 Å². The molecule has 5 nitrogen and oxygen atoms in total. The first-order valence-corrected chi connectivity index (χ1v) is 8.37. The SMILES string of the molecule is Cc1ccoc1C(=O)N(CCOc1ccccc1)CC1CCCO1. The number of carbonyl (C=O) groups is 1. The summed E-state index contributed by atoms with van der Waals surface area (Å²) in [6.07, 6.45) is 3.68. The minimum atomic E-state index is -0.107. The second kappa shape index (κ2) is 8.02. The summed E-state index contributed by atoms with van der Waals surface area (Å²) in [5, 5.41) is 0. The molecule has 0 spiro atoms. The normalized spacial score (nSPS) is 17.0. The van der Waals surface area contributed by atoms with Crippen LogP contribution in [0.1, 0.15) is 29.0 Å². The van der Waals surface area contributed by atoms with Crippen molar-refractivity contribution in [3.05, 3.63) is 54.0 Å². The average Bonchev–Trinajstić information content (AvgIpc) is 3.26. The van der Waals surface area contributed by atoms with Crippen molar-refractivity contribution in [1.29, 1.82) is 0 Å². The van der Waals surface area contributed by atoms with Crippen LogP contribution in [0.2, 0.25) is 0 Å². The molecular weight excluding hydrogens is 306 g/mol. The Kier molecular flexibility index (Phi) is 5.54. The molecule has 2 heterocycles. The quantitative estimate of drug-likeness (QED) is 0.782. The topological polar surface area (TPSA) is 51.9 Å². The van der Waals surface area contributed by atoms with Crippen LogP contribution in [-0.4, -0.2) is 43.2 Å². The van der Waals surface area contributed by atoms with Gasteiger partial charge in [0.2, 0.25) is 0 Å². The summed E-state index contributed by atoms with van der Waals surface area (Å²) in [7, 11) is 0. The van der Waals surface area contributed by atoms with E-state index in [0.717, 1.165) is 30.8 Å². The standard InChI is InChI=1S/C19H23NO4/c1-15-9-12-24-18(15)19(21)20(14-17-8-5-11-22-17)10-13-23-16-6-3-2-4-7-16/h2-4,6-7,9,12,17H,5,8,10-11,13-14H2,1H3. The summed E-state index contributed by atoms with van der Waals surface area (Å²) in [5.41, 5.74) is 0.848. The number of nitrogens with zero attached hydrogens (tertiary/aromatic N) is 1. The highest BCUT2D eigenvalue weighted by Gasteiger charge is 2.25. The van der Waals surface area contributed by atoms with Gasteiger partial charge in [0.25, 0.3) is 5.91 Å². The number of furan rings is 1. The van der Waals surface area contributed by atoms with Crippen LogP contribution in [0.15, 0.2) is 47.1 Å². The van der Waals surface area contributed by atoms with Gasteiger partial charge in [-0.25, -0.2) is 0 Å². The van der Waals surface area contributed by atoms with Crippen molar-refractivity contribution in [2.45, 2.75) is 25.9 Å². The molecule has 0 radical (unpaired) electrons. The second-order valence-corrected chi connectivity index (χ2v) is 5.98. The second-order valence-electron chi connectivity index (χ2n) is 5.98. The summed E-state index contributed by atoms with van der Waals surface area (Å²) in [4.78, 5) is 14.5. The molecule has 1 aromatic heterocycles. The number of amides is 1. The fourth-order valence-corrected chi connectivity index (χ4v) is 2.84. The van der Waals surface area contributed by atoms with Gasteiger partial charge >= 0.3 is 0 Å². The van der Waals surface area contributed by atoms with Crippen LogP contribution in [0, 0.1) is 6.92 Å². The van der Waals surface area contributed by atoms with Crippen molar-refractivity contribution >= 4 is 5.91 Å². The molecule has 1 unspecified atom stereocenters. The van der Waals surface area contributed by atoms with E-state index in [0.29, 0.717) is 25.5 Å². The molecule has 0 bridgehead atoms. The Morgan fingerprint density at radius 2 is 2.12 bits per heavy atom. The lowest BCUT2D eigenvalue weighted by atomic mass is 10.2. The summed E-state index contributed by atoms with van der Waals surface area (Å²) in [6, 6.07) is 11.4. The first-order chi connectivity index (χ1) is 11.7. The van der Waals surface area contributed by atoms with Gasteiger partial charge in [0.1, 0.15) is 12.4 Å². The fourth-order valence-electron chi connectivity index (χ4n) is 2.84. The molecule has 0 aliphatic carbocycles. The Morgan fingerprint density at radius 1 is 1.29 bits per heavy atom. The van der Waals surface area contributed by atoms with Gasteiger partial charge < -0.3 is 18.8 Å². The van der Waals surface area contributed by atoms with E-state index in [1.807, 2.05) is 37.3 Å². The lowest BCUT2D eigenvalue weighted by Gasteiger charge is -2.25. The molecule has 2 aromatic rings. The van der Waals surface area contributed by atoms with E-state index in [2.05, 4.69) is 0 Å². The van der Waals surface area contributed by atoms with Gasteiger partial charge in [0.05, 0.1) is 18.9 Å². The van der Waals surface area contributed by atoms with E-state index in [1.165, 1.54) is 0 Å². The number of benzene rings is 1. The maximum absolute atomic E-state index is 12.8. The van der Waals surface area contributed by atoms with E-state index in [1.54, 1.807) is 17.2 Å². The van der Waals surface area contributed by atoms with Crippen molar-refractivity contribution in [2.75, 3.05) is 26.3 Å². The molecule has 1 aliphatic heterocycles. The van der Waals surface area contributed by atoms with Crippen molar-refractivity contribution in [3.8, 4) is 5.75 Å². The highest BCUT2D eigenvalue weighted by Crippen LogP contribution is 2.17. The van der Waals surface area contributed by atoms with Gasteiger partial charge in [-0.05, 0) is 38.0 Å². The Balaban J connectivity index is 1.62. The van der Waals surface area contributed by atoms with Crippen LogP contribution >= 0.6 is 0 Å².